The molecule has 1 aromatic heterocycles. The van der Waals surface area contributed by atoms with Gasteiger partial charge in [0.1, 0.15) is 6.04 Å². The Labute approximate surface area is 118 Å². The molecule has 0 N–H and O–H groups in total. The molecule has 1 unspecified atom stereocenters. The number of hydrogen-bond donors (Lipinski definition) is 0. The maximum atomic E-state index is 12.2. The molecule has 4 nitrogen and oxygen atoms in total. The van der Waals surface area contributed by atoms with Gasteiger partial charge in [-0.15, -0.1) is 11.3 Å². The van der Waals surface area contributed by atoms with Crippen LogP contribution in [-0.4, -0.2) is 48.3 Å². The topological polar surface area (TPSA) is 40.6 Å². The van der Waals surface area contributed by atoms with Crippen LogP contribution in [0.25, 0.3) is 0 Å². The second kappa shape index (κ2) is 6.19. The summed E-state index contributed by atoms with van der Waals surface area (Å²) in [6.45, 7) is 0.716. The van der Waals surface area contributed by atoms with Crippen LogP contribution in [0.5, 0.6) is 0 Å². The van der Waals surface area contributed by atoms with E-state index in [2.05, 4.69) is 0 Å². The molecule has 1 atom stereocenters. The van der Waals surface area contributed by atoms with E-state index in [9.17, 15) is 9.59 Å². The van der Waals surface area contributed by atoms with Crippen LogP contribution < -0.4 is 0 Å². The smallest absolute Gasteiger partial charge is 0.244 e. The molecule has 1 fully saturated rings. The van der Waals surface area contributed by atoms with Gasteiger partial charge in [0, 0.05) is 31.9 Å². The molecule has 2 rings (SSSR count). The van der Waals surface area contributed by atoms with Gasteiger partial charge in [0.05, 0.1) is 0 Å². The lowest BCUT2D eigenvalue weighted by atomic mass is 10.2. The Morgan fingerprint density at radius 1 is 1.47 bits per heavy atom. The van der Waals surface area contributed by atoms with E-state index >= 15 is 0 Å². The summed E-state index contributed by atoms with van der Waals surface area (Å²) in [6.07, 6.45) is 2.99. The van der Waals surface area contributed by atoms with Crippen molar-refractivity contribution in [2.45, 2.75) is 31.7 Å². The number of rotatable bonds is 4. The van der Waals surface area contributed by atoms with Crippen molar-refractivity contribution in [1.29, 1.82) is 0 Å². The summed E-state index contributed by atoms with van der Waals surface area (Å²) >= 11 is 1.67. The average molecular weight is 280 g/mol. The minimum atomic E-state index is -0.245. The van der Waals surface area contributed by atoms with Gasteiger partial charge in [0.15, 0.2) is 0 Å². The van der Waals surface area contributed by atoms with Crippen LogP contribution in [0.3, 0.4) is 0 Å². The molecule has 0 spiro atoms. The van der Waals surface area contributed by atoms with E-state index in [0.717, 1.165) is 19.3 Å². The molecule has 0 saturated carbocycles. The zero-order chi connectivity index (χ0) is 13.8. The van der Waals surface area contributed by atoms with Crippen molar-refractivity contribution in [1.82, 2.24) is 9.80 Å². The second-order valence-electron chi connectivity index (χ2n) is 5.06. The molecular formula is C14H20N2O2S. The minimum absolute atomic E-state index is 0.0435. The lowest BCUT2D eigenvalue weighted by Gasteiger charge is -2.26. The Morgan fingerprint density at radius 3 is 2.89 bits per heavy atom. The van der Waals surface area contributed by atoms with E-state index in [0.29, 0.717) is 13.0 Å². The van der Waals surface area contributed by atoms with E-state index in [1.54, 1.807) is 35.2 Å². The lowest BCUT2D eigenvalue weighted by Crippen LogP contribution is -2.45. The van der Waals surface area contributed by atoms with Gasteiger partial charge in [0.25, 0.3) is 0 Å². The van der Waals surface area contributed by atoms with Crippen molar-refractivity contribution >= 4 is 23.2 Å². The number of thiophene rings is 1. The van der Waals surface area contributed by atoms with Gasteiger partial charge in [-0.3, -0.25) is 9.59 Å². The third-order valence-corrected chi connectivity index (χ3v) is 4.40. The molecule has 1 aliphatic heterocycles. The number of aryl methyl sites for hydroxylation is 1. The van der Waals surface area contributed by atoms with Crippen LogP contribution >= 0.6 is 11.3 Å². The summed E-state index contributed by atoms with van der Waals surface area (Å²) in [7, 11) is 3.49. The van der Waals surface area contributed by atoms with Crippen molar-refractivity contribution in [3.8, 4) is 0 Å². The fourth-order valence-corrected chi connectivity index (χ4v) is 3.16. The molecule has 2 amide bonds. The quantitative estimate of drug-likeness (QED) is 0.843. The number of carbonyl (C=O) groups is 2. The highest BCUT2D eigenvalue weighted by molar-refractivity contribution is 7.09. The van der Waals surface area contributed by atoms with Gasteiger partial charge < -0.3 is 9.80 Å². The standard InChI is InChI=1S/C14H20N2O2S/c1-15(2)14(18)12-6-3-9-16(12)13(17)8-7-11-5-4-10-19-11/h4-5,10,12H,3,6-9H2,1-2H3. The highest BCUT2D eigenvalue weighted by atomic mass is 32.1. The van der Waals surface area contributed by atoms with Crippen molar-refractivity contribution in [3.05, 3.63) is 22.4 Å². The maximum absolute atomic E-state index is 12.2. The lowest BCUT2D eigenvalue weighted by molar-refractivity contribution is -0.142. The molecule has 1 saturated heterocycles. The summed E-state index contributed by atoms with van der Waals surface area (Å²) < 4.78 is 0. The van der Waals surface area contributed by atoms with Crippen LogP contribution in [0, 0.1) is 0 Å². The number of hydrogen-bond acceptors (Lipinski definition) is 3. The molecule has 0 radical (unpaired) electrons. The summed E-state index contributed by atoms with van der Waals surface area (Å²) in [5.41, 5.74) is 0. The third kappa shape index (κ3) is 3.35. The Morgan fingerprint density at radius 2 is 2.26 bits per heavy atom. The van der Waals surface area contributed by atoms with Gasteiger partial charge in [-0.2, -0.15) is 0 Å². The zero-order valence-corrected chi connectivity index (χ0v) is 12.3. The van der Waals surface area contributed by atoms with Crippen LogP contribution in [0.2, 0.25) is 0 Å². The van der Waals surface area contributed by atoms with Crippen LogP contribution in [-0.2, 0) is 16.0 Å². The first-order chi connectivity index (χ1) is 9.09. The predicted octanol–water partition coefficient (Wildman–Crippen LogP) is 1.76. The number of likely N-dealkylation sites (N-methyl/N-ethyl adjacent to an activating group) is 1. The second-order valence-corrected chi connectivity index (χ2v) is 6.09. The van der Waals surface area contributed by atoms with Gasteiger partial charge in [-0.25, -0.2) is 0 Å². The number of carbonyl (C=O) groups excluding carboxylic acids is 2. The molecule has 1 aliphatic rings. The first-order valence-electron chi connectivity index (χ1n) is 6.62. The molecule has 1 aromatic rings. The minimum Gasteiger partial charge on any atom is -0.347 e. The third-order valence-electron chi connectivity index (χ3n) is 3.46. The summed E-state index contributed by atoms with van der Waals surface area (Å²) in [5, 5.41) is 2.02. The van der Waals surface area contributed by atoms with E-state index in [-0.39, 0.29) is 17.9 Å². The summed E-state index contributed by atoms with van der Waals surface area (Å²) in [6, 6.07) is 3.80. The van der Waals surface area contributed by atoms with Crippen molar-refractivity contribution < 1.29 is 9.59 Å². The van der Waals surface area contributed by atoms with Gasteiger partial charge in [-0.05, 0) is 30.7 Å². The normalized spacial score (nSPS) is 18.6. The SMILES string of the molecule is CN(C)C(=O)C1CCCN1C(=O)CCc1cccs1. The zero-order valence-electron chi connectivity index (χ0n) is 11.5. The molecule has 5 heteroatoms. The molecular weight excluding hydrogens is 260 g/mol. The van der Waals surface area contributed by atoms with Gasteiger partial charge in [0.2, 0.25) is 11.8 Å². The predicted molar refractivity (Wildman–Crippen MR) is 76.1 cm³/mol. The molecule has 0 aromatic carbocycles. The Bertz CT molecular complexity index is 442. The van der Waals surface area contributed by atoms with Gasteiger partial charge >= 0.3 is 0 Å². The van der Waals surface area contributed by atoms with E-state index in [4.69, 9.17) is 0 Å². The Kier molecular flexibility index (Phi) is 4.58. The highest BCUT2D eigenvalue weighted by Gasteiger charge is 2.34. The Hall–Kier alpha value is -1.36. The average Bonchev–Trinajstić information content (AvgIpc) is 3.05. The maximum Gasteiger partial charge on any atom is 0.244 e. The van der Waals surface area contributed by atoms with Crippen LogP contribution in [0.4, 0.5) is 0 Å². The fourth-order valence-electron chi connectivity index (χ4n) is 2.45. The Balaban J connectivity index is 1.92. The van der Waals surface area contributed by atoms with Crippen LogP contribution in [0.1, 0.15) is 24.1 Å². The van der Waals surface area contributed by atoms with E-state index in [1.165, 1.54) is 4.88 Å². The number of nitrogens with zero attached hydrogens (tertiary/aromatic N) is 2. The number of likely N-dealkylation sites (tertiary alicyclic amines) is 1. The van der Waals surface area contributed by atoms with E-state index in [1.807, 2.05) is 17.5 Å². The molecule has 104 valence electrons. The molecule has 0 aliphatic carbocycles. The van der Waals surface area contributed by atoms with Crippen molar-refractivity contribution in [2.75, 3.05) is 20.6 Å². The summed E-state index contributed by atoms with van der Waals surface area (Å²) in [5.74, 6) is 0.146. The van der Waals surface area contributed by atoms with Crippen LogP contribution in [0.15, 0.2) is 17.5 Å². The monoisotopic (exact) mass is 280 g/mol. The fraction of sp³-hybridized carbons (Fsp3) is 0.571. The largest absolute Gasteiger partial charge is 0.347 e. The first kappa shape index (κ1) is 14.1. The molecule has 0 bridgehead atoms. The van der Waals surface area contributed by atoms with Crippen molar-refractivity contribution in [3.63, 3.8) is 0 Å². The highest BCUT2D eigenvalue weighted by Crippen LogP contribution is 2.21. The molecule has 19 heavy (non-hydrogen) atoms. The summed E-state index contributed by atoms with van der Waals surface area (Å²) in [4.78, 5) is 28.8. The first-order valence-corrected chi connectivity index (χ1v) is 7.50. The van der Waals surface area contributed by atoms with E-state index < -0.39 is 0 Å². The van der Waals surface area contributed by atoms with Crippen molar-refractivity contribution in [2.24, 2.45) is 0 Å². The van der Waals surface area contributed by atoms with Gasteiger partial charge in [-0.1, -0.05) is 6.07 Å². The number of amides is 2. The molecule has 2 heterocycles.